The van der Waals surface area contributed by atoms with Gasteiger partial charge in [0.05, 0.1) is 11.3 Å². The maximum atomic E-state index is 12.4. The van der Waals surface area contributed by atoms with Crippen molar-refractivity contribution < 1.29 is 4.79 Å². The highest BCUT2D eigenvalue weighted by Gasteiger charge is 2.12. The Balaban J connectivity index is 2.19. The first-order chi connectivity index (χ1) is 9.72. The van der Waals surface area contributed by atoms with Gasteiger partial charge in [0.2, 0.25) is 0 Å². The smallest absolute Gasteiger partial charge is 0.259 e. The quantitative estimate of drug-likeness (QED) is 0.874. The molecule has 0 fully saturated rings. The summed E-state index contributed by atoms with van der Waals surface area (Å²) in [5.41, 5.74) is 3.23. The van der Waals surface area contributed by atoms with Crippen LogP contribution in [0.15, 0.2) is 42.7 Å². The van der Waals surface area contributed by atoms with Crippen LogP contribution < -0.4 is 10.6 Å². The molecule has 4 heteroatoms. The van der Waals surface area contributed by atoms with Gasteiger partial charge in [0.25, 0.3) is 5.91 Å². The highest BCUT2D eigenvalue weighted by molar-refractivity contribution is 6.08. The van der Waals surface area contributed by atoms with Crippen molar-refractivity contribution in [3.63, 3.8) is 0 Å². The lowest BCUT2D eigenvalue weighted by Crippen LogP contribution is -2.16. The van der Waals surface area contributed by atoms with Crippen molar-refractivity contribution in [3.05, 3.63) is 53.9 Å². The number of aromatic nitrogens is 1. The Morgan fingerprint density at radius 1 is 1.20 bits per heavy atom. The molecule has 0 atom stereocenters. The monoisotopic (exact) mass is 269 g/mol. The second kappa shape index (κ2) is 6.70. The lowest BCUT2D eigenvalue weighted by atomic mass is 10.1. The van der Waals surface area contributed by atoms with Gasteiger partial charge in [-0.05, 0) is 31.0 Å². The topological polar surface area (TPSA) is 54.0 Å². The summed E-state index contributed by atoms with van der Waals surface area (Å²) in [6.07, 6.45) is 4.27. The summed E-state index contributed by atoms with van der Waals surface area (Å²) in [7, 11) is 0. The number of rotatable bonds is 5. The Morgan fingerprint density at radius 3 is 2.75 bits per heavy atom. The fraction of sp³-hybridized carbons (Fsp3) is 0.250. The van der Waals surface area contributed by atoms with Gasteiger partial charge in [0.15, 0.2) is 0 Å². The Kier molecular flexibility index (Phi) is 4.71. The summed E-state index contributed by atoms with van der Waals surface area (Å²) in [5.74, 6) is -0.147. The van der Waals surface area contributed by atoms with Crippen molar-refractivity contribution in [2.45, 2.75) is 20.3 Å². The number of nitrogens with zero attached hydrogens (tertiary/aromatic N) is 1. The molecule has 0 unspecified atom stereocenters. The van der Waals surface area contributed by atoms with E-state index in [1.165, 1.54) is 0 Å². The van der Waals surface area contributed by atoms with Gasteiger partial charge in [-0.1, -0.05) is 25.1 Å². The second-order valence-electron chi connectivity index (χ2n) is 4.62. The predicted molar refractivity (Wildman–Crippen MR) is 82.1 cm³/mol. The Labute approximate surface area is 119 Å². The van der Waals surface area contributed by atoms with E-state index in [-0.39, 0.29) is 5.91 Å². The highest BCUT2D eigenvalue weighted by atomic mass is 16.1. The molecule has 0 radical (unpaired) electrons. The zero-order valence-corrected chi connectivity index (χ0v) is 11.8. The maximum absolute atomic E-state index is 12.4. The normalized spacial score (nSPS) is 10.1. The SMILES string of the molecule is CCCNc1ccncc1C(=O)Nc1ccccc1C. The molecule has 104 valence electrons. The third-order valence-corrected chi connectivity index (χ3v) is 3.02. The van der Waals surface area contributed by atoms with E-state index in [1.807, 2.05) is 37.3 Å². The lowest BCUT2D eigenvalue weighted by Gasteiger charge is -2.12. The molecule has 0 spiro atoms. The van der Waals surface area contributed by atoms with E-state index in [2.05, 4.69) is 22.5 Å². The van der Waals surface area contributed by atoms with Gasteiger partial charge in [0.1, 0.15) is 0 Å². The van der Waals surface area contributed by atoms with Crippen LogP contribution in [0.3, 0.4) is 0 Å². The fourth-order valence-corrected chi connectivity index (χ4v) is 1.89. The molecule has 1 amide bonds. The van der Waals surface area contributed by atoms with Crippen LogP contribution in [0.25, 0.3) is 0 Å². The molecule has 20 heavy (non-hydrogen) atoms. The van der Waals surface area contributed by atoms with Crippen LogP contribution in [0, 0.1) is 6.92 Å². The van der Waals surface area contributed by atoms with Crippen molar-refractivity contribution >= 4 is 17.3 Å². The third kappa shape index (κ3) is 3.35. The largest absolute Gasteiger partial charge is 0.384 e. The first-order valence-electron chi connectivity index (χ1n) is 6.77. The molecule has 0 saturated heterocycles. The number of nitrogens with one attached hydrogen (secondary N) is 2. The number of carbonyl (C=O) groups is 1. The molecule has 2 aromatic rings. The van der Waals surface area contributed by atoms with Crippen LogP contribution in [-0.4, -0.2) is 17.4 Å². The standard InChI is InChI=1S/C16H19N3O/c1-3-9-18-15-8-10-17-11-13(15)16(20)19-14-7-5-4-6-12(14)2/h4-8,10-11H,3,9H2,1-2H3,(H,17,18)(H,19,20). The molecule has 0 saturated carbocycles. The fourth-order valence-electron chi connectivity index (χ4n) is 1.89. The summed E-state index contributed by atoms with van der Waals surface area (Å²) in [4.78, 5) is 16.4. The summed E-state index contributed by atoms with van der Waals surface area (Å²) in [6, 6.07) is 9.53. The molecule has 0 aliphatic heterocycles. The van der Waals surface area contributed by atoms with E-state index in [4.69, 9.17) is 0 Å². The molecule has 0 aliphatic rings. The molecule has 1 aromatic carbocycles. The minimum Gasteiger partial charge on any atom is -0.384 e. The van der Waals surface area contributed by atoms with E-state index in [0.29, 0.717) is 5.56 Å². The van der Waals surface area contributed by atoms with Crippen LogP contribution in [0.1, 0.15) is 29.3 Å². The number of benzene rings is 1. The summed E-state index contributed by atoms with van der Waals surface area (Å²) in [5, 5.41) is 6.17. The molecule has 1 aromatic heterocycles. The van der Waals surface area contributed by atoms with E-state index in [9.17, 15) is 4.79 Å². The molecular formula is C16H19N3O. The molecule has 2 rings (SSSR count). The van der Waals surface area contributed by atoms with Gasteiger partial charge >= 0.3 is 0 Å². The van der Waals surface area contributed by atoms with Gasteiger partial charge in [-0.15, -0.1) is 0 Å². The summed E-state index contributed by atoms with van der Waals surface area (Å²) >= 11 is 0. The first kappa shape index (κ1) is 14.1. The minimum atomic E-state index is -0.147. The number of amides is 1. The minimum absolute atomic E-state index is 0.147. The molecule has 0 aliphatic carbocycles. The van der Waals surface area contributed by atoms with Crippen LogP contribution >= 0.6 is 0 Å². The highest BCUT2D eigenvalue weighted by Crippen LogP contribution is 2.18. The van der Waals surface area contributed by atoms with Crippen molar-refractivity contribution in [3.8, 4) is 0 Å². The van der Waals surface area contributed by atoms with Crippen molar-refractivity contribution in [2.24, 2.45) is 0 Å². The van der Waals surface area contributed by atoms with Crippen molar-refractivity contribution in [1.82, 2.24) is 4.98 Å². The van der Waals surface area contributed by atoms with Gasteiger partial charge in [-0.2, -0.15) is 0 Å². The average Bonchev–Trinajstić information content (AvgIpc) is 2.47. The number of pyridine rings is 1. The van der Waals surface area contributed by atoms with Crippen molar-refractivity contribution in [1.29, 1.82) is 0 Å². The number of carbonyl (C=O) groups excluding carboxylic acids is 1. The van der Waals surface area contributed by atoms with E-state index >= 15 is 0 Å². The average molecular weight is 269 g/mol. The molecular weight excluding hydrogens is 250 g/mol. The lowest BCUT2D eigenvalue weighted by molar-refractivity contribution is 0.102. The van der Waals surface area contributed by atoms with Crippen LogP contribution in [0.2, 0.25) is 0 Å². The molecule has 1 heterocycles. The molecule has 0 bridgehead atoms. The number of aryl methyl sites for hydroxylation is 1. The predicted octanol–water partition coefficient (Wildman–Crippen LogP) is 3.46. The van der Waals surface area contributed by atoms with Crippen molar-refractivity contribution in [2.75, 3.05) is 17.2 Å². The zero-order chi connectivity index (χ0) is 14.4. The van der Waals surface area contributed by atoms with Gasteiger partial charge in [0, 0.05) is 24.6 Å². The van der Waals surface area contributed by atoms with E-state index in [0.717, 1.165) is 29.9 Å². The summed E-state index contributed by atoms with van der Waals surface area (Å²) in [6.45, 7) is 4.88. The van der Waals surface area contributed by atoms with E-state index < -0.39 is 0 Å². The van der Waals surface area contributed by atoms with Crippen LogP contribution in [0.5, 0.6) is 0 Å². The number of hydrogen-bond donors (Lipinski definition) is 2. The number of hydrogen-bond acceptors (Lipinski definition) is 3. The Hall–Kier alpha value is -2.36. The van der Waals surface area contributed by atoms with Gasteiger partial charge in [-0.25, -0.2) is 0 Å². The third-order valence-electron chi connectivity index (χ3n) is 3.02. The Morgan fingerprint density at radius 2 is 2.00 bits per heavy atom. The Bertz CT molecular complexity index is 596. The van der Waals surface area contributed by atoms with Crippen LogP contribution in [0.4, 0.5) is 11.4 Å². The molecule has 4 nitrogen and oxygen atoms in total. The number of para-hydroxylation sites is 1. The van der Waals surface area contributed by atoms with Crippen LogP contribution in [-0.2, 0) is 0 Å². The van der Waals surface area contributed by atoms with Gasteiger partial charge in [-0.3, -0.25) is 9.78 Å². The van der Waals surface area contributed by atoms with Gasteiger partial charge < -0.3 is 10.6 Å². The maximum Gasteiger partial charge on any atom is 0.259 e. The zero-order valence-electron chi connectivity index (χ0n) is 11.8. The van der Waals surface area contributed by atoms with E-state index in [1.54, 1.807) is 12.4 Å². The summed E-state index contributed by atoms with van der Waals surface area (Å²) < 4.78 is 0. The molecule has 2 N–H and O–H groups in total. The second-order valence-corrected chi connectivity index (χ2v) is 4.62. The number of anilines is 2. The first-order valence-corrected chi connectivity index (χ1v) is 6.77.